The summed E-state index contributed by atoms with van der Waals surface area (Å²) in [5, 5.41) is 0. The lowest BCUT2D eigenvalue weighted by atomic mass is 10.1. The molecule has 0 aromatic carbocycles. The van der Waals surface area contributed by atoms with Crippen LogP contribution >= 0.6 is 0 Å². The molecule has 0 heterocycles. The van der Waals surface area contributed by atoms with E-state index in [1.54, 1.807) is 12.1 Å². The summed E-state index contributed by atoms with van der Waals surface area (Å²) >= 11 is 0. The number of unbranched alkanes of at least 4 members (excludes halogenated alkanes) is 11. The average molecular weight is 315 g/mol. The molecule has 0 saturated carbocycles. The molecular formula is C18H42Si2. The SMILES string of the molecule is C[SiH](C)CCCCCCCCCCCCCC[SiH](C)C. The fourth-order valence-corrected chi connectivity index (χ4v) is 5.08. The van der Waals surface area contributed by atoms with E-state index >= 15 is 0 Å². The van der Waals surface area contributed by atoms with Crippen molar-refractivity contribution in [3.8, 4) is 0 Å². The molecule has 0 aromatic rings. The minimum Gasteiger partial charge on any atom is -0.0722 e. The fourth-order valence-electron chi connectivity index (χ4n) is 2.87. The van der Waals surface area contributed by atoms with Crippen molar-refractivity contribution >= 4 is 17.6 Å². The van der Waals surface area contributed by atoms with Crippen LogP contribution in [0.1, 0.15) is 77.0 Å². The minimum absolute atomic E-state index is 0.261. The predicted molar refractivity (Wildman–Crippen MR) is 103 cm³/mol. The Morgan fingerprint density at radius 3 is 0.750 bits per heavy atom. The van der Waals surface area contributed by atoms with Gasteiger partial charge in [-0.2, -0.15) is 0 Å². The summed E-state index contributed by atoms with van der Waals surface area (Å²) in [6, 6.07) is 3.14. The van der Waals surface area contributed by atoms with Gasteiger partial charge in [0, 0.05) is 17.6 Å². The van der Waals surface area contributed by atoms with Gasteiger partial charge in [0.25, 0.3) is 0 Å². The zero-order valence-corrected chi connectivity index (χ0v) is 17.4. The standard InChI is InChI=1S/C18H42Si2/c1-19(2)17-15-13-11-9-7-5-6-8-10-12-14-16-18-20(3)4/h19-20H,5-18H2,1-4H3. The molecule has 0 aliphatic rings. The van der Waals surface area contributed by atoms with Crippen molar-refractivity contribution in [3.63, 3.8) is 0 Å². The van der Waals surface area contributed by atoms with E-state index in [0.717, 1.165) is 0 Å². The highest BCUT2D eigenvalue weighted by Gasteiger charge is 1.97. The van der Waals surface area contributed by atoms with Crippen molar-refractivity contribution in [2.45, 2.75) is 115 Å². The van der Waals surface area contributed by atoms with Crippen molar-refractivity contribution in [3.05, 3.63) is 0 Å². The first-order valence-corrected chi connectivity index (χ1v) is 15.9. The summed E-state index contributed by atoms with van der Waals surface area (Å²) in [6.45, 7) is 9.91. The lowest BCUT2D eigenvalue weighted by Gasteiger charge is -2.05. The van der Waals surface area contributed by atoms with Crippen LogP contribution in [0, 0.1) is 0 Å². The van der Waals surface area contributed by atoms with Crippen LogP contribution in [-0.4, -0.2) is 17.6 Å². The zero-order valence-electron chi connectivity index (χ0n) is 15.1. The summed E-state index contributed by atoms with van der Waals surface area (Å²) in [4.78, 5) is 0. The second-order valence-corrected chi connectivity index (χ2v) is 14.3. The summed E-state index contributed by atoms with van der Waals surface area (Å²) in [7, 11) is -0.522. The van der Waals surface area contributed by atoms with E-state index < -0.39 is 0 Å². The molecule has 0 N–H and O–H groups in total. The predicted octanol–water partition coefficient (Wildman–Crippen LogP) is 6.64. The number of hydrogen-bond acceptors (Lipinski definition) is 0. The first kappa shape index (κ1) is 20.4. The van der Waals surface area contributed by atoms with Gasteiger partial charge in [-0.05, 0) is 0 Å². The lowest BCUT2D eigenvalue weighted by molar-refractivity contribution is 0.547. The van der Waals surface area contributed by atoms with Crippen molar-refractivity contribution in [1.82, 2.24) is 0 Å². The van der Waals surface area contributed by atoms with Crippen molar-refractivity contribution in [2.24, 2.45) is 0 Å². The Morgan fingerprint density at radius 2 is 0.550 bits per heavy atom. The van der Waals surface area contributed by atoms with E-state index in [0.29, 0.717) is 0 Å². The second kappa shape index (κ2) is 15.8. The van der Waals surface area contributed by atoms with Crippen LogP contribution in [0.2, 0.25) is 38.3 Å². The molecule has 0 unspecified atom stereocenters. The quantitative estimate of drug-likeness (QED) is 0.235. The van der Waals surface area contributed by atoms with Crippen LogP contribution in [0.4, 0.5) is 0 Å². The Bertz CT molecular complexity index is 158. The molecule has 0 aromatic heterocycles. The molecule has 0 saturated heterocycles. The van der Waals surface area contributed by atoms with Crippen molar-refractivity contribution < 1.29 is 0 Å². The fraction of sp³-hybridized carbons (Fsp3) is 1.00. The van der Waals surface area contributed by atoms with Crippen LogP contribution < -0.4 is 0 Å². The topological polar surface area (TPSA) is 0 Å². The third kappa shape index (κ3) is 18.4. The molecule has 0 spiro atoms. The van der Waals surface area contributed by atoms with E-state index in [9.17, 15) is 0 Å². The lowest BCUT2D eigenvalue weighted by Crippen LogP contribution is -1.97. The summed E-state index contributed by atoms with van der Waals surface area (Å²) in [6.07, 6.45) is 18.0. The smallest absolute Gasteiger partial charge is 0.0305 e. The summed E-state index contributed by atoms with van der Waals surface area (Å²) in [5.74, 6) is 0. The van der Waals surface area contributed by atoms with Gasteiger partial charge in [-0.25, -0.2) is 0 Å². The molecule has 0 radical (unpaired) electrons. The van der Waals surface area contributed by atoms with E-state index in [4.69, 9.17) is 0 Å². The first-order valence-electron chi connectivity index (χ1n) is 9.63. The second-order valence-electron chi connectivity index (χ2n) is 7.61. The molecule has 0 fully saturated rings. The van der Waals surface area contributed by atoms with Crippen molar-refractivity contribution in [2.75, 3.05) is 0 Å². The third-order valence-electron chi connectivity index (χ3n) is 4.31. The minimum atomic E-state index is -0.261. The molecule has 0 rings (SSSR count). The highest BCUT2D eigenvalue weighted by atomic mass is 28.3. The van der Waals surface area contributed by atoms with E-state index in [-0.39, 0.29) is 17.6 Å². The molecule has 0 nitrogen and oxygen atoms in total. The van der Waals surface area contributed by atoms with Crippen molar-refractivity contribution in [1.29, 1.82) is 0 Å². The maximum absolute atomic E-state index is 2.48. The van der Waals surface area contributed by atoms with Gasteiger partial charge in [0.1, 0.15) is 0 Å². The number of hydrogen-bond donors (Lipinski definition) is 0. The van der Waals surface area contributed by atoms with Crippen LogP contribution in [0.15, 0.2) is 0 Å². The third-order valence-corrected chi connectivity index (χ3v) is 7.44. The highest BCUT2D eigenvalue weighted by molar-refractivity contribution is 6.55. The average Bonchev–Trinajstić information content (AvgIpc) is 2.38. The molecule has 122 valence electrons. The summed E-state index contributed by atoms with van der Waals surface area (Å²) < 4.78 is 0. The maximum Gasteiger partial charge on any atom is 0.0305 e. The Morgan fingerprint density at radius 1 is 0.350 bits per heavy atom. The maximum atomic E-state index is 2.48. The van der Waals surface area contributed by atoms with E-state index in [1.807, 2.05) is 0 Å². The Hall–Kier alpha value is 0.434. The normalized spacial score (nSPS) is 11.7. The van der Waals surface area contributed by atoms with Gasteiger partial charge in [0.15, 0.2) is 0 Å². The Labute approximate surface area is 133 Å². The number of rotatable bonds is 15. The van der Waals surface area contributed by atoms with Crippen LogP contribution in [0.3, 0.4) is 0 Å². The largest absolute Gasteiger partial charge is 0.0722 e. The monoisotopic (exact) mass is 314 g/mol. The Kier molecular flexibility index (Phi) is 16.2. The van der Waals surface area contributed by atoms with Crippen LogP contribution in [0.5, 0.6) is 0 Å². The van der Waals surface area contributed by atoms with Crippen LogP contribution in [-0.2, 0) is 0 Å². The Balaban J connectivity index is 2.96. The molecule has 0 bridgehead atoms. The molecule has 0 aliphatic heterocycles. The van der Waals surface area contributed by atoms with E-state index in [2.05, 4.69) is 26.2 Å². The van der Waals surface area contributed by atoms with Gasteiger partial charge in [0.05, 0.1) is 0 Å². The molecule has 0 aliphatic carbocycles. The summed E-state index contributed by atoms with van der Waals surface area (Å²) in [5.41, 5.74) is 0. The molecule has 20 heavy (non-hydrogen) atoms. The van der Waals surface area contributed by atoms with Gasteiger partial charge in [-0.15, -0.1) is 0 Å². The molecular weight excluding hydrogens is 272 g/mol. The zero-order chi connectivity index (χ0) is 15.1. The molecule has 0 amide bonds. The molecule has 0 atom stereocenters. The van der Waals surface area contributed by atoms with Gasteiger partial charge in [-0.1, -0.05) is 115 Å². The molecule has 2 heteroatoms. The van der Waals surface area contributed by atoms with Crippen LogP contribution in [0.25, 0.3) is 0 Å². The first-order chi connectivity index (χ1) is 9.63. The van der Waals surface area contributed by atoms with Gasteiger partial charge in [0.2, 0.25) is 0 Å². The van der Waals surface area contributed by atoms with Gasteiger partial charge in [-0.3, -0.25) is 0 Å². The van der Waals surface area contributed by atoms with E-state index in [1.165, 1.54) is 77.0 Å². The van der Waals surface area contributed by atoms with Gasteiger partial charge < -0.3 is 0 Å². The highest BCUT2D eigenvalue weighted by Crippen LogP contribution is 2.13. The van der Waals surface area contributed by atoms with Gasteiger partial charge >= 0.3 is 0 Å².